The first-order chi connectivity index (χ1) is 8.31. The molecule has 0 aliphatic rings. The maximum Gasteiger partial charge on any atom is 0.138 e. The first-order valence-electron chi connectivity index (χ1n) is 5.73. The first-order valence-corrected chi connectivity index (χ1v) is 6.52. The zero-order valence-corrected chi connectivity index (χ0v) is 11.3. The third-order valence-corrected chi connectivity index (χ3v) is 3.15. The van der Waals surface area contributed by atoms with Crippen LogP contribution in [0.5, 0.6) is 5.75 Å². The second-order valence-corrected chi connectivity index (χ2v) is 4.64. The summed E-state index contributed by atoms with van der Waals surface area (Å²) in [4.78, 5) is 7.34. The van der Waals surface area contributed by atoms with E-state index in [0.29, 0.717) is 0 Å². The van der Waals surface area contributed by atoms with Crippen LogP contribution in [0.1, 0.15) is 19.8 Å². The summed E-state index contributed by atoms with van der Waals surface area (Å²) in [5.41, 5.74) is 1.02. The standard InChI is InChI=1S/C13H15BrN2O/c1-2-3-8-17-10-4-5-12(14)11(9-10)13-15-6-7-16-13/h4-7,9H,2-3,8H2,1H3,(H,15,16). The van der Waals surface area contributed by atoms with Crippen LogP contribution in [0.2, 0.25) is 0 Å². The number of benzene rings is 1. The van der Waals surface area contributed by atoms with Gasteiger partial charge in [0.1, 0.15) is 11.6 Å². The highest BCUT2D eigenvalue weighted by molar-refractivity contribution is 9.10. The lowest BCUT2D eigenvalue weighted by Crippen LogP contribution is -1.96. The molecule has 90 valence electrons. The molecule has 2 aromatic rings. The zero-order valence-electron chi connectivity index (χ0n) is 9.74. The maximum absolute atomic E-state index is 5.68. The van der Waals surface area contributed by atoms with Gasteiger partial charge in [-0.05, 0) is 24.6 Å². The lowest BCUT2D eigenvalue weighted by molar-refractivity contribution is 0.309. The summed E-state index contributed by atoms with van der Waals surface area (Å²) in [6.07, 6.45) is 5.77. The van der Waals surface area contributed by atoms with E-state index in [0.717, 1.165) is 41.1 Å². The second kappa shape index (κ2) is 5.87. The third kappa shape index (κ3) is 3.09. The first kappa shape index (κ1) is 12.2. The van der Waals surface area contributed by atoms with E-state index in [1.165, 1.54) is 0 Å². The maximum atomic E-state index is 5.68. The van der Waals surface area contributed by atoms with Crippen LogP contribution >= 0.6 is 15.9 Å². The van der Waals surface area contributed by atoms with E-state index >= 15 is 0 Å². The minimum atomic E-state index is 0.760. The molecule has 0 aliphatic heterocycles. The van der Waals surface area contributed by atoms with Crippen molar-refractivity contribution in [3.8, 4) is 17.1 Å². The number of hydrogen-bond donors (Lipinski definition) is 1. The molecule has 1 heterocycles. The number of unbranched alkanes of at least 4 members (excludes halogenated alkanes) is 1. The molecule has 1 N–H and O–H groups in total. The van der Waals surface area contributed by atoms with Gasteiger partial charge >= 0.3 is 0 Å². The number of nitrogens with one attached hydrogen (secondary N) is 1. The van der Waals surface area contributed by atoms with Gasteiger partial charge in [0, 0.05) is 22.4 Å². The van der Waals surface area contributed by atoms with Gasteiger partial charge in [-0.25, -0.2) is 4.98 Å². The van der Waals surface area contributed by atoms with Crippen molar-refractivity contribution in [3.63, 3.8) is 0 Å². The molecule has 1 aromatic heterocycles. The molecule has 1 aromatic carbocycles. The molecule has 0 spiro atoms. The summed E-state index contributed by atoms with van der Waals surface area (Å²) in [6, 6.07) is 5.95. The summed E-state index contributed by atoms with van der Waals surface area (Å²) in [7, 11) is 0. The fourth-order valence-corrected chi connectivity index (χ4v) is 1.96. The molecular weight excluding hydrogens is 280 g/mol. The monoisotopic (exact) mass is 294 g/mol. The Kier molecular flexibility index (Phi) is 4.20. The van der Waals surface area contributed by atoms with Crippen molar-refractivity contribution in [2.24, 2.45) is 0 Å². The van der Waals surface area contributed by atoms with Crippen molar-refractivity contribution in [1.82, 2.24) is 9.97 Å². The predicted molar refractivity (Wildman–Crippen MR) is 72.1 cm³/mol. The minimum absolute atomic E-state index is 0.760. The topological polar surface area (TPSA) is 37.9 Å². The van der Waals surface area contributed by atoms with Gasteiger partial charge in [-0.2, -0.15) is 0 Å². The molecule has 0 bridgehead atoms. The van der Waals surface area contributed by atoms with E-state index < -0.39 is 0 Å². The Bertz CT molecular complexity index is 468. The van der Waals surface area contributed by atoms with Crippen LogP contribution in [0.25, 0.3) is 11.4 Å². The Morgan fingerprint density at radius 2 is 2.29 bits per heavy atom. The van der Waals surface area contributed by atoms with Crippen molar-refractivity contribution < 1.29 is 4.74 Å². The lowest BCUT2D eigenvalue weighted by Gasteiger charge is -2.08. The molecule has 0 amide bonds. The van der Waals surface area contributed by atoms with Gasteiger partial charge in [-0.15, -0.1) is 0 Å². The Morgan fingerprint density at radius 1 is 1.41 bits per heavy atom. The number of ether oxygens (including phenoxy) is 1. The van der Waals surface area contributed by atoms with Crippen molar-refractivity contribution in [2.75, 3.05) is 6.61 Å². The van der Waals surface area contributed by atoms with Gasteiger partial charge in [0.15, 0.2) is 0 Å². The fraction of sp³-hybridized carbons (Fsp3) is 0.308. The van der Waals surface area contributed by atoms with E-state index in [9.17, 15) is 0 Å². The molecule has 2 rings (SSSR count). The van der Waals surface area contributed by atoms with Gasteiger partial charge in [0.2, 0.25) is 0 Å². The van der Waals surface area contributed by atoms with Crippen molar-refractivity contribution >= 4 is 15.9 Å². The zero-order chi connectivity index (χ0) is 12.1. The van der Waals surface area contributed by atoms with Crippen LogP contribution < -0.4 is 4.74 Å². The highest BCUT2D eigenvalue weighted by atomic mass is 79.9. The molecule has 4 heteroatoms. The molecule has 0 aliphatic carbocycles. The Labute approximate surface area is 109 Å². The van der Waals surface area contributed by atoms with Crippen LogP contribution in [0, 0.1) is 0 Å². The minimum Gasteiger partial charge on any atom is -0.494 e. The van der Waals surface area contributed by atoms with Crippen molar-refractivity contribution in [2.45, 2.75) is 19.8 Å². The average molecular weight is 295 g/mol. The summed E-state index contributed by atoms with van der Waals surface area (Å²) < 4.78 is 6.69. The van der Waals surface area contributed by atoms with Gasteiger partial charge in [-0.3, -0.25) is 0 Å². The van der Waals surface area contributed by atoms with E-state index in [4.69, 9.17) is 4.74 Å². The lowest BCUT2D eigenvalue weighted by atomic mass is 10.2. The number of imidazole rings is 1. The molecule has 3 nitrogen and oxygen atoms in total. The summed E-state index contributed by atoms with van der Waals surface area (Å²) >= 11 is 3.52. The highest BCUT2D eigenvalue weighted by Crippen LogP contribution is 2.29. The van der Waals surface area contributed by atoms with Gasteiger partial charge in [-0.1, -0.05) is 29.3 Å². The highest BCUT2D eigenvalue weighted by Gasteiger charge is 2.07. The predicted octanol–water partition coefficient (Wildman–Crippen LogP) is 4.02. The molecule has 17 heavy (non-hydrogen) atoms. The SMILES string of the molecule is CCCCOc1ccc(Br)c(-c2ncc[nH]2)c1. The van der Waals surface area contributed by atoms with Crippen LogP contribution in [-0.4, -0.2) is 16.6 Å². The third-order valence-electron chi connectivity index (χ3n) is 2.46. The van der Waals surface area contributed by atoms with Gasteiger partial charge in [0.05, 0.1) is 6.61 Å². The normalized spacial score (nSPS) is 10.5. The van der Waals surface area contributed by atoms with E-state index in [1.807, 2.05) is 24.4 Å². The van der Waals surface area contributed by atoms with E-state index in [-0.39, 0.29) is 0 Å². The fourth-order valence-electron chi connectivity index (χ4n) is 1.52. The largest absolute Gasteiger partial charge is 0.494 e. The molecule has 0 radical (unpaired) electrons. The van der Waals surface area contributed by atoms with Gasteiger partial charge < -0.3 is 9.72 Å². The summed E-state index contributed by atoms with van der Waals surface area (Å²) in [5, 5.41) is 0. The number of halogens is 1. The molecule has 0 unspecified atom stereocenters. The number of nitrogens with zero attached hydrogens (tertiary/aromatic N) is 1. The number of hydrogen-bond acceptors (Lipinski definition) is 2. The Hall–Kier alpha value is -1.29. The van der Waals surface area contributed by atoms with E-state index in [1.54, 1.807) is 6.20 Å². The number of aromatic amines is 1. The molecule has 0 atom stereocenters. The molecular formula is C13H15BrN2O. The number of aromatic nitrogens is 2. The quantitative estimate of drug-likeness (QED) is 0.846. The van der Waals surface area contributed by atoms with Crippen LogP contribution in [-0.2, 0) is 0 Å². The van der Waals surface area contributed by atoms with E-state index in [2.05, 4.69) is 32.8 Å². The van der Waals surface area contributed by atoms with Crippen LogP contribution in [0.3, 0.4) is 0 Å². The molecule has 0 fully saturated rings. The van der Waals surface area contributed by atoms with Crippen molar-refractivity contribution in [1.29, 1.82) is 0 Å². The van der Waals surface area contributed by atoms with Gasteiger partial charge in [0.25, 0.3) is 0 Å². The number of rotatable bonds is 5. The molecule has 0 saturated carbocycles. The Balaban J connectivity index is 2.18. The van der Waals surface area contributed by atoms with Crippen molar-refractivity contribution in [3.05, 3.63) is 35.1 Å². The molecule has 0 saturated heterocycles. The average Bonchev–Trinajstić information content (AvgIpc) is 2.85. The Morgan fingerprint density at radius 3 is 3.00 bits per heavy atom. The summed E-state index contributed by atoms with van der Waals surface area (Å²) in [5.74, 6) is 1.73. The van der Waals surface area contributed by atoms with Crippen LogP contribution in [0.15, 0.2) is 35.1 Å². The summed E-state index contributed by atoms with van der Waals surface area (Å²) in [6.45, 7) is 2.91. The smallest absolute Gasteiger partial charge is 0.138 e. The van der Waals surface area contributed by atoms with Crippen LogP contribution in [0.4, 0.5) is 0 Å². The second-order valence-electron chi connectivity index (χ2n) is 3.78. The number of H-pyrrole nitrogens is 1.